The van der Waals surface area contributed by atoms with Gasteiger partial charge in [-0.15, -0.1) is 0 Å². The number of hydrogen-bond donors (Lipinski definition) is 2. The predicted molar refractivity (Wildman–Crippen MR) is 43.3 cm³/mol. The van der Waals surface area contributed by atoms with E-state index in [1.807, 2.05) is 0 Å². The van der Waals surface area contributed by atoms with Gasteiger partial charge in [-0.2, -0.15) is 5.10 Å². The molecule has 0 saturated heterocycles. The zero-order valence-electron chi connectivity index (χ0n) is 7.08. The molecule has 0 radical (unpaired) electrons. The highest BCUT2D eigenvalue weighted by molar-refractivity contribution is 5.92. The molecule has 0 aromatic carbocycles. The predicted octanol–water partition coefficient (Wildman–Crippen LogP) is -1.61. The van der Waals surface area contributed by atoms with Gasteiger partial charge in [-0.05, 0) is 6.07 Å². The van der Waals surface area contributed by atoms with Gasteiger partial charge >= 0.3 is 0 Å². The number of amides is 1. The fourth-order valence-corrected chi connectivity index (χ4v) is 0.889. The van der Waals surface area contributed by atoms with Crippen LogP contribution in [0.15, 0.2) is 12.3 Å². The minimum Gasteiger partial charge on any atom is -0.356 e. The van der Waals surface area contributed by atoms with Crippen LogP contribution in [-0.4, -0.2) is 28.8 Å². The van der Waals surface area contributed by atoms with Crippen molar-refractivity contribution in [3.63, 3.8) is 0 Å². The van der Waals surface area contributed by atoms with Crippen LogP contribution >= 0.6 is 0 Å². The van der Waals surface area contributed by atoms with E-state index < -0.39 is 0 Å². The van der Waals surface area contributed by atoms with Crippen molar-refractivity contribution in [3.05, 3.63) is 18.0 Å². The Kier molecular flexibility index (Phi) is 2.82. The SMILES string of the molecule is Cn1nccc1C(=O)NCC[NH3+]. The molecule has 1 heterocycles. The van der Waals surface area contributed by atoms with Crippen LogP contribution in [-0.2, 0) is 7.05 Å². The maximum absolute atomic E-state index is 11.3. The molecule has 1 amide bonds. The number of quaternary nitrogens is 1. The van der Waals surface area contributed by atoms with Crippen molar-refractivity contribution in [2.45, 2.75) is 0 Å². The number of nitrogens with zero attached hydrogens (tertiary/aromatic N) is 2. The van der Waals surface area contributed by atoms with Crippen LogP contribution in [0.25, 0.3) is 0 Å². The molecule has 0 aliphatic rings. The van der Waals surface area contributed by atoms with E-state index in [0.717, 1.165) is 0 Å². The fraction of sp³-hybridized carbons (Fsp3) is 0.429. The van der Waals surface area contributed by atoms with E-state index in [4.69, 9.17) is 0 Å². The Morgan fingerprint density at radius 3 is 3.08 bits per heavy atom. The molecule has 4 N–H and O–H groups in total. The number of carbonyl (C=O) groups excluding carboxylic acids is 1. The molecule has 0 spiro atoms. The zero-order valence-corrected chi connectivity index (χ0v) is 7.08. The van der Waals surface area contributed by atoms with Gasteiger partial charge in [0, 0.05) is 13.2 Å². The monoisotopic (exact) mass is 169 g/mol. The third kappa shape index (κ3) is 1.82. The van der Waals surface area contributed by atoms with Crippen LogP contribution < -0.4 is 11.1 Å². The van der Waals surface area contributed by atoms with Gasteiger partial charge in [-0.25, -0.2) is 0 Å². The Bertz CT molecular complexity index is 268. The van der Waals surface area contributed by atoms with Gasteiger partial charge in [-0.1, -0.05) is 0 Å². The van der Waals surface area contributed by atoms with E-state index in [-0.39, 0.29) is 5.91 Å². The van der Waals surface area contributed by atoms with E-state index in [0.29, 0.717) is 18.8 Å². The second kappa shape index (κ2) is 3.87. The maximum Gasteiger partial charge on any atom is 0.269 e. The number of aryl methyl sites for hydroxylation is 1. The zero-order chi connectivity index (χ0) is 8.97. The molecule has 1 rings (SSSR count). The van der Waals surface area contributed by atoms with E-state index >= 15 is 0 Å². The summed E-state index contributed by atoms with van der Waals surface area (Å²) in [5.41, 5.74) is 4.20. The van der Waals surface area contributed by atoms with Crippen LogP contribution in [0.3, 0.4) is 0 Å². The van der Waals surface area contributed by atoms with Crippen LogP contribution in [0, 0.1) is 0 Å². The molecule has 66 valence electrons. The number of hydrogen-bond acceptors (Lipinski definition) is 2. The molecule has 5 nitrogen and oxygen atoms in total. The van der Waals surface area contributed by atoms with Crippen molar-refractivity contribution in [2.75, 3.05) is 13.1 Å². The van der Waals surface area contributed by atoms with E-state index in [1.165, 1.54) is 0 Å². The number of carbonyl (C=O) groups is 1. The normalized spacial score (nSPS) is 9.83. The van der Waals surface area contributed by atoms with Crippen molar-refractivity contribution in [2.24, 2.45) is 7.05 Å². The first-order chi connectivity index (χ1) is 5.75. The Labute approximate surface area is 70.5 Å². The topological polar surface area (TPSA) is 74.6 Å². The first-order valence-electron chi connectivity index (χ1n) is 3.81. The first-order valence-corrected chi connectivity index (χ1v) is 3.81. The van der Waals surface area contributed by atoms with Gasteiger partial charge < -0.3 is 11.1 Å². The smallest absolute Gasteiger partial charge is 0.269 e. The van der Waals surface area contributed by atoms with E-state index in [2.05, 4.69) is 16.1 Å². The lowest BCUT2D eigenvalue weighted by atomic mass is 10.4. The Hall–Kier alpha value is -1.36. The Morgan fingerprint density at radius 1 is 1.83 bits per heavy atom. The van der Waals surface area contributed by atoms with Gasteiger partial charge in [0.05, 0.1) is 13.1 Å². The van der Waals surface area contributed by atoms with Gasteiger partial charge in [-0.3, -0.25) is 9.48 Å². The largest absolute Gasteiger partial charge is 0.356 e. The van der Waals surface area contributed by atoms with Crippen molar-refractivity contribution in [3.8, 4) is 0 Å². The summed E-state index contributed by atoms with van der Waals surface area (Å²) >= 11 is 0. The number of nitrogens with one attached hydrogen (secondary N) is 1. The number of rotatable bonds is 3. The lowest BCUT2D eigenvalue weighted by Crippen LogP contribution is -2.54. The van der Waals surface area contributed by atoms with Crippen molar-refractivity contribution >= 4 is 5.91 Å². The van der Waals surface area contributed by atoms with Crippen LogP contribution in [0.1, 0.15) is 10.5 Å². The molecule has 5 heteroatoms. The highest BCUT2D eigenvalue weighted by Crippen LogP contribution is 1.94. The molecule has 0 fully saturated rings. The minimum absolute atomic E-state index is 0.0985. The average molecular weight is 169 g/mol. The lowest BCUT2D eigenvalue weighted by molar-refractivity contribution is -0.364. The van der Waals surface area contributed by atoms with Crippen molar-refractivity contribution in [1.82, 2.24) is 15.1 Å². The molecule has 1 aromatic heterocycles. The highest BCUT2D eigenvalue weighted by Gasteiger charge is 2.07. The lowest BCUT2D eigenvalue weighted by Gasteiger charge is -2.01. The molecule has 0 saturated carbocycles. The van der Waals surface area contributed by atoms with Gasteiger partial charge in [0.25, 0.3) is 5.91 Å². The third-order valence-electron chi connectivity index (χ3n) is 1.52. The summed E-state index contributed by atoms with van der Waals surface area (Å²) in [4.78, 5) is 11.3. The van der Waals surface area contributed by atoms with E-state index in [1.54, 1.807) is 24.0 Å². The molecule has 12 heavy (non-hydrogen) atoms. The molecule has 0 aliphatic carbocycles. The third-order valence-corrected chi connectivity index (χ3v) is 1.52. The summed E-state index contributed by atoms with van der Waals surface area (Å²) in [6, 6.07) is 1.68. The molecule has 0 atom stereocenters. The Balaban J connectivity index is 2.59. The number of aromatic nitrogens is 2. The van der Waals surface area contributed by atoms with Crippen molar-refractivity contribution < 1.29 is 10.5 Å². The first kappa shape index (κ1) is 8.73. The summed E-state index contributed by atoms with van der Waals surface area (Å²) in [5, 5.41) is 6.60. The summed E-state index contributed by atoms with van der Waals surface area (Å²) in [5.74, 6) is -0.0985. The van der Waals surface area contributed by atoms with Crippen LogP contribution in [0.2, 0.25) is 0 Å². The fourth-order valence-electron chi connectivity index (χ4n) is 0.889. The quantitative estimate of drug-likeness (QED) is 0.571. The summed E-state index contributed by atoms with van der Waals surface area (Å²) in [7, 11) is 1.74. The molecular weight excluding hydrogens is 156 g/mol. The average Bonchev–Trinajstić information content (AvgIpc) is 2.47. The van der Waals surface area contributed by atoms with Crippen LogP contribution in [0.4, 0.5) is 0 Å². The second-order valence-electron chi connectivity index (χ2n) is 2.45. The highest BCUT2D eigenvalue weighted by atomic mass is 16.2. The summed E-state index contributed by atoms with van der Waals surface area (Å²) < 4.78 is 1.54. The summed E-state index contributed by atoms with van der Waals surface area (Å²) in [6.45, 7) is 1.30. The molecule has 1 aromatic rings. The van der Waals surface area contributed by atoms with Crippen molar-refractivity contribution in [1.29, 1.82) is 0 Å². The van der Waals surface area contributed by atoms with Crippen LogP contribution in [0.5, 0.6) is 0 Å². The molecule has 0 bridgehead atoms. The standard InChI is InChI=1S/C7H12N4O/c1-11-6(2-4-10-11)7(12)9-5-3-8/h2,4H,3,5,8H2,1H3,(H,9,12)/p+1. The molecular formula is C7H13N4O+. The summed E-state index contributed by atoms with van der Waals surface area (Å²) in [6.07, 6.45) is 1.60. The maximum atomic E-state index is 11.3. The van der Waals surface area contributed by atoms with Gasteiger partial charge in [0.2, 0.25) is 0 Å². The molecule has 0 aliphatic heterocycles. The van der Waals surface area contributed by atoms with Gasteiger partial charge in [0.15, 0.2) is 0 Å². The van der Waals surface area contributed by atoms with Gasteiger partial charge in [0.1, 0.15) is 5.69 Å². The minimum atomic E-state index is -0.0985. The van der Waals surface area contributed by atoms with E-state index in [9.17, 15) is 4.79 Å². The second-order valence-corrected chi connectivity index (χ2v) is 2.45. The Morgan fingerprint density at radius 2 is 2.58 bits per heavy atom. The molecule has 0 unspecified atom stereocenters.